The highest BCUT2D eigenvalue weighted by Gasteiger charge is 2.70. The second-order valence-corrected chi connectivity index (χ2v) is 19.2. The summed E-state index contributed by atoms with van der Waals surface area (Å²) in [5, 5.41) is 26.5. The lowest BCUT2D eigenvalue weighted by atomic mass is 9.36. The lowest BCUT2D eigenvalue weighted by Gasteiger charge is -2.69. The fourth-order valence-electron chi connectivity index (χ4n) is 12.4. The van der Waals surface area contributed by atoms with Crippen molar-refractivity contribution in [2.75, 3.05) is 6.54 Å². The third kappa shape index (κ3) is 10.2. The van der Waals surface area contributed by atoms with Crippen molar-refractivity contribution in [1.29, 1.82) is 0 Å². The van der Waals surface area contributed by atoms with Gasteiger partial charge in [-0.3, -0.25) is 9.59 Å². The van der Waals surface area contributed by atoms with Crippen molar-refractivity contribution < 1.29 is 24.5 Å². The molecule has 4 aliphatic carbocycles. The quantitative estimate of drug-likeness (QED) is 0.0500. The van der Waals surface area contributed by atoms with Crippen molar-refractivity contribution >= 4 is 11.9 Å². The van der Waals surface area contributed by atoms with Crippen LogP contribution in [0.2, 0.25) is 0 Å². The number of esters is 1. The Kier molecular flexibility index (Phi) is 16.6. The van der Waals surface area contributed by atoms with E-state index in [0.29, 0.717) is 31.7 Å². The Hall–Kier alpha value is -1.66. The number of allylic oxidation sites excluding steroid dienone is 2. The van der Waals surface area contributed by atoms with Gasteiger partial charge in [-0.05, 0) is 117 Å². The zero-order valence-corrected chi connectivity index (χ0v) is 35.5. The number of fused-ring (bicyclic) bond motifs is 5. The Balaban J connectivity index is 1.45. The molecular weight excluding hydrogens is 659 g/mol. The lowest BCUT2D eigenvalue weighted by molar-refractivity contribution is -0.234. The minimum Gasteiger partial charge on any atom is -0.458 e. The van der Waals surface area contributed by atoms with E-state index in [0.717, 1.165) is 56.1 Å². The molecule has 0 aromatic carbocycles. The van der Waals surface area contributed by atoms with Crippen LogP contribution in [0.5, 0.6) is 0 Å². The zero-order chi connectivity index (χ0) is 38.8. The maximum absolute atomic E-state index is 14.3. The molecular formula is C47H81NO5. The van der Waals surface area contributed by atoms with E-state index in [4.69, 9.17) is 4.74 Å². The third-order valence-electron chi connectivity index (χ3n) is 15.4. The predicted octanol–water partition coefficient (Wildman–Crippen LogP) is 11.2. The first kappa shape index (κ1) is 44.1. The van der Waals surface area contributed by atoms with Crippen LogP contribution in [0.4, 0.5) is 0 Å². The van der Waals surface area contributed by atoms with Crippen LogP contribution in [0, 0.1) is 39.9 Å². The second-order valence-electron chi connectivity index (χ2n) is 19.2. The number of nitrogens with one attached hydrogen (secondary N) is 1. The number of hydrogen-bond donors (Lipinski definition) is 3. The standard InChI is InChI=1S/C47H81NO5/c1-9-10-11-12-13-14-15-16-17-18-19-20-21-22-30-48-44(52)36(25-23-24-33(2)3)42-38-31-40(51)43-45(6)28-27-39(50)34(4)37(45)26-29-46(43,7)47(38,8)32-41(42)53-35(5)49/h24,34,37-41,43,50-51H,9-23,25-32H2,1-8H3,(H,48,52)/b42-36-/t34-,37-,38-,39+,40+,41-,43?,45-,46-,47-/m0/s1. The molecule has 0 aromatic heterocycles. The molecule has 4 fully saturated rings. The third-order valence-corrected chi connectivity index (χ3v) is 15.4. The Bertz CT molecular complexity index is 1250. The van der Waals surface area contributed by atoms with E-state index < -0.39 is 12.2 Å². The summed E-state index contributed by atoms with van der Waals surface area (Å²) in [6.45, 7) is 18.0. The van der Waals surface area contributed by atoms with Crippen molar-refractivity contribution in [2.24, 2.45) is 39.9 Å². The molecule has 4 saturated carbocycles. The van der Waals surface area contributed by atoms with Crippen molar-refractivity contribution in [3.63, 3.8) is 0 Å². The number of rotatable bonds is 20. The molecule has 0 bridgehead atoms. The summed E-state index contributed by atoms with van der Waals surface area (Å²) in [7, 11) is 0. The largest absolute Gasteiger partial charge is 0.458 e. The van der Waals surface area contributed by atoms with Gasteiger partial charge in [0.05, 0.1) is 12.2 Å². The molecule has 4 rings (SSSR count). The summed E-state index contributed by atoms with van der Waals surface area (Å²) in [6.07, 6.45) is 25.5. The fourth-order valence-corrected chi connectivity index (χ4v) is 12.4. The molecule has 0 saturated heterocycles. The maximum Gasteiger partial charge on any atom is 0.303 e. The van der Waals surface area contributed by atoms with E-state index in [1.807, 2.05) is 0 Å². The van der Waals surface area contributed by atoms with Crippen LogP contribution in [0.25, 0.3) is 0 Å². The number of amides is 1. The number of ether oxygens (including phenoxy) is 1. The summed E-state index contributed by atoms with van der Waals surface area (Å²) in [5.74, 6) is 0.308. The summed E-state index contributed by atoms with van der Waals surface area (Å²) in [4.78, 5) is 27.0. The van der Waals surface area contributed by atoms with Gasteiger partial charge in [0.2, 0.25) is 5.91 Å². The number of unbranched alkanes of at least 4 members (excludes halogenated alkanes) is 13. The molecule has 3 N–H and O–H groups in total. The predicted molar refractivity (Wildman–Crippen MR) is 218 cm³/mol. The Morgan fingerprint density at radius 1 is 0.811 bits per heavy atom. The van der Waals surface area contributed by atoms with Crippen molar-refractivity contribution in [3.8, 4) is 0 Å². The van der Waals surface area contributed by atoms with Gasteiger partial charge in [-0.15, -0.1) is 0 Å². The van der Waals surface area contributed by atoms with E-state index in [1.54, 1.807) is 0 Å². The fraction of sp³-hybridized carbons (Fsp3) is 0.872. The smallest absolute Gasteiger partial charge is 0.303 e. The van der Waals surface area contributed by atoms with E-state index >= 15 is 0 Å². The first-order valence-corrected chi connectivity index (χ1v) is 22.4. The van der Waals surface area contributed by atoms with Crippen molar-refractivity contribution in [3.05, 3.63) is 22.8 Å². The van der Waals surface area contributed by atoms with Crippen LogP contribution < -0.4 is 5.32 Å². The van der Waals surface area contributed by atoms with Crippen LogP contribution in [0.15, 0.2) is 22.8 Å². The van der Waals surface area contributed by atoms with Crippen LogP contribution in [-0.2, 0) is 14.3 Å². The maximum atomic E-state index is 14.3. The summed E-state index contributed by atoms with van der Waals surface area (Å²) >= 11 is 0. The van der Waals surface area contributed by atoms with Crippen molar-refractivity contribution in [2.45, 2.75) is 215 Å². The molecule has 4 aliphatic rings. The Labute approximate surface area is 325 Å². The molecule has 0 aromatic rings. The highest BCUT2D eigenvalue weighted by molar-refractivity contribution is 5.94. The minimum atomic E-state index is -0.517. The summed E-state index contributed by atoms with van der Waals surface area (Å²) in [6, 6.07) is 0. The molecule has 304 valence electrons. The van der Waals surface area contributed by atoms with Gasteiger partial charge >= 0.3 is 5.97 Å². The van der Waals surface area contributed by atoms with Crippen LogP contribution in [0.3, 0.4) is 0 Å². The number of aliphatic hydroxyl groups is 2. The Morgan fingerprint density at radius 2 is 1.40 bits per heavy atom. The lowest BCUT2D eigenvalue weighted by Crippen LogP contribution is -2.65. The first-order valence-electron chi connectivity index (χ1n) is 22.4. The molecule has 0 radical (unpaired) electrons. The minimum absolute atomic E-state index is 0.0224. The average Bonchev–Trinajstić information content (AvgIpc) is 3.37. The van der Waals surface area contributed by atoms with E-state index in [9.17, 15) is 19.8 Å². The topological polar surface area (TPSA) is 95.9 Å². The van der Waals surface area contributed by atoms with Gasteiger partial charge in [-0.1, -0.05) is 130 Å². The molecule has 10 atom stereocenters. The number of aliphatic hydroxyl groups excluding tert-OH is 2. The van der Waals surface area contributed by atoms with Crippen molar-refractivity contribution in [1.82, 2.24) is 5.32 Å². The number of hydrogen-bond acceptors (Lipinski definition) is 5. The monoisotopic (exact) mass is 740 g/mol. The second kappa shape index (κ2) is 20.0. The average molecular weight is 740 g/mol. The first-order chi connectivity index (χ1) is 25.2. The van der Waals surface area contributed by atoms with E-state index in [2.05, 4.69) is 59.9 Å². The van der Waals surface area contributed by atoms with E-state index in [-0.39, 0.29) is 52.0 Å². The normalized spacial score (nSPS) is 35.8. The summed E-state index contributed by atoms with van der Waals surface area (Å²) < 4.78 is 6.19. The molecule has 6 heteroatoms. The van der Waals surface area contributed by atoms with Gasteiger partial charge in [-0.2, -0.15) is 0 Å². The van der Waals surface area contributed by atoms with Crippen LogP contribution >= 0.6 is 0 Å². The Morgan fingerprint density at radius 3 is 1.96 bits per heavy atom. The van der Waals surface area contributed by atoms with Gasteiger partial charge < -0.3 is 20.3 Å². The van der Waals surface area contributed by atoms with Crippen LogP contribution in [0.1, 0.15) is 197 Å². The molecule has 1 amide bonds. The van der Waals surface area contributed by atoms with Gasteiger partial charge in [0, 0.05) is 19.0 Å². The molecule has 0 spiro atoms. The molecule has 53 heavy (non-hydrogen) atoms. The molecule has 6 nitrogen and oxygen atoms in total. The van der Waals surface area contributed by atoms with Gasteiger partial charge in [0.15, 0.2) is 0 Å². The zero-order valence-electron chi connectivity index (χ0n) is 35.5. The van der Waals surface area contributed by atoms with Gasteiger partial charge in [0.25, 0.3) is 0 Å². The van der Waals surface area contributed by atoms with Gasteiger partial charge in [-0.25, -0.2) is 0 Å². The molecule has 0 heterocycles. The highest BCUT2D eigenvalue weighted by Crippen LogP contribution is 2.74. The summed E-state index contributed by atoms with van der Waals surface area (Å²) in [5.41, 5.74) is 2.47. The molecule has 0 aliphatic heterocycles. The van der Waals surface area contributed by atoms with Crippen LogP contribution in [-0.4, -0.2) is 46.9 Å². The SMILES string of the molecule is CCCCCCCCCCCCCCCCNC(=O)/C(CCC=C(C)C)=C1\[C@@H](OC(C)=O)C[C@@]2(C)[C@H]1C[C@@H](O)C1[C@]2(C)CC[C@H]2[C@H](C)[C@H](O)CC[C@]12C. The molecule has 1 unspecified atom stereocenters. The highest BCUT2D eigenvalue weighted by atomic mass is 16.5. The van der Waals surface area contributed by atoms with Gasteiger partial charge in [0.1, 0.15) is 6.10 Å². The van der Waals surface area contributed by atoms with E-state index in [1.165, 1.54) is 89.5 Å². The number of carbonyl (C=O) groups excluding carboxylic acids is 2. The number of carbonyl (C=O) groups is 2.